The third-order valence-corrected chi connectivity index (χ3v) is 4.46. The number of nitrogens with two attached hydrogens (primary N) is 1. The van der Waals surface area contributed by atoms with Gasteiger partial charge in [0.15, 0.2) is 0 Å². The number of fused-ring (bicyclic) bond motifs is 1. The number of hydrogen-bond acceptors (Lipinski definition) is 4. The third kappa shape index (κ3) is 3.86. The van der Waals surface area contributed by atoms with E-state index in [9.17, 15) is 4.79 Å². The van der Waals surface area contributed by atoms with E-state index in [1.165, 1.54) is 0 Å². The Balaban J connectivity index is 0.00000192. The molecule has 1 aromatic heterocycles. The van der Waals surface area contributed by atoms with Crippen LogP contribution in [0.3, 0.4) is 0 Å². The minimum atomic E-state index is -0.466. The number of amides is 1. The van der Waals surface area contributed by atoms with Crippen molar-refractivity contribution in [1.82, 2.24) is 5.32 Å². The number of nitrogens with one attached hydrogen (secondary N) is 1. The minimum Gasteiger partial charge on any atom is -0.461 e. The smallest absolute Gasteiger partial charge is 0.227 e. The lowest BCUT2D eigenvalue weighted by Gasteiger charge is -2.34. The average molecular weight is 339 g/mol. The van der Waals surface area contributed by atoms with E-state index in [0.29, 0.717) is 45.6 Å². The van der Waals surface area contributed by atoms with Crippen molar-refractivity contribution in [2.75, 3.05) is 26.3 Å². The number of ether oxygens (including phenoxy) is 1. The quantitative estimate of drug-likeness (QED) is 0.876. The normalized spacial score (nSPS) is 16.7. The Morgan fingerprint density at radius 1 is 1.26 bits per heavy atom. The number of benzene rings is 1. The summed E-state index contributed by atoms with van der Waals surface area (Å²) in [5, 5.41) is 4.09. The highest BCUT2D eigenvalue weighted by Gasteiger charge is 2.38. The minimum absolute atomic E-state index is 0. The number of para-hydroxylation sites is 1. The van der Waals surface area contributed by atoms with Crippen molar-refractivity contribution in [2.45, 2.75) is 19.3 Å². The first-order valence-electron chi connectivity index (χ1n) is 7.77. The molecule has 3 rings (SSSR count). The monoisotopic (exact) mass is 338 g/mol. The first-order valence-corrected chi connectivity index (χ1v) is 7.77. The van der Waals surface area contributed by atoms with E-state index in [2.05, 4.69) is 5.32 Å². The highest BCUT2D eigenvalue weighted by Crippen LogP contribution is 2.29. The second-order valence-corrected chi connectivity index (χ2v) is 5.85. The highest BCUT2D eigenvalue weighted by atomic mass is 35.5. The summed E-state index contributed by atoms with van der Waals surface area (Å²) >= 11 is 0. The van der Waals surface area contributed by atoms with Gasteiger partial charge in [0.1, 0.15) is 11.3 Å². The maximum Gasteiger partial charge on any atom is 0.227 e. The van der Waals surface area contributed by atoms with Gasteiger partial charge in [-0.3, -0.25) is 4.79 Å². The van der Waals surface area contributed by atoms with Crippen LogP contribution in [-0.2, 0) is 16.0 Å². The Morgan fingerprint density at radius 3 is 2.70 bits per heavy atom. The Kier molecular flexibility index (Phi) is 6.04. The molecule has 126 valence electrons. The number of carbonyl (C=O) groups is 1. The lowest BCUT2D eigenvalue weighted by atomic mass is 9.79. The van der Waals surface area contributed by atoms with E-state index in [4.69, 9.17) is 14.9 Å². The number of hydrogen-bond donors (Lipinski definition) is 2. The summed E-state index contributed by atoms with van der Waals surface area (Å²) in [6.07, 6.45) is 2.07. The number of halogens is 1. The van der Waals surface area contributed by atoms with Crippen molar-refractivity contribution in [3.8, 4) is 0 Å². The van der Waals surface area contributed by atoms with Gasteiger partial charge in [-0.2, -0.15) is 0 Å². The van der Waals surface area contributed by atoms with Crippen molar-refractivity contribution in [2.24, 2.45) is 11.1 Å². The van der Waals surface area contributed by atoms with Gasteiger partial charge < -0.3 is 20.2 Å². The van der Waals surface area contributed by atoms with Crippen LogP contribution in [0.15, 0.2) is 34.7 Å². The second-order valence-electron chi connectivity index (χ2n) is 5.85. The first-order chi connectivity index (χ1) is 10.7. The summed E-state index contributed by atoms with van der Waals surface area (Å²) in [5.41, 5.74) is 6.25. The Bertz CT molecular complexity index is 617. The van der Waals surface area contributed by atoms with Crippen molar-refractivity contribution in [1.29, 1.82) is 0 Å². The van der Waals surface area contributed by atoms with Gasteiger partial charge in [0, 0.05) is 38.1 Å². The molecule has 1 aliphatic heterocycles. The molecular weight excluding hydrogens is 316 g/mol. The molecule has 1 saturated heterocycles. The molecule has 2 aromatic rings. The Labute approximate surface area is 142 Å². The Hall–Kier alpha value is -1.56. The van der Waals surface area contributed by atoms with Crippen LogP contribution in [0.4, 0.5) is 0 Å². The van der Waals surface area contributed by atoms with E-state index >= 15 is 0 Å². The second kappa shape index (κ2) is 7.81. The fourth-order valence-electron chi connectivity index (χ4n) is 2.93. The molecule has 0 saturated carbocycles. The molecule has 2 heterocycles. The molecule has 1 aliphatic rings. The summed E-state index contributed by atoms with van der Waals surface area (Å²) < 4.78 is 11.1. The number of rotatable bonds is 5. The van der Waals surface area contributed by atoms with E-state index in [1.54, 1.807) is 0 Å². The first kappa shape index (κ1) is 17.8. The van der Waals surface area contributed by atoms with Crippen LogP contribution in [0, 0.1) is 5.41 Å². The molecule has 0 spiro atoms. The molecular formula is C17H23ClN2O3. The van der Waals surface area contributed by atoms with Crippen LogP contribution in [0.2, 0.25) is 0 Å². The van der Waals surface area contributed by atoms with Crippen LogP contribution >= 0.6 is 12.4 Å². The molecule has 0 radical (unpaired) electrons. The lowest BCUT2D eigenvalue weighted by Crippen LogP contribution is -2.49. The van der Waals surface area contributed by atoms with E-state index in [0.717, 1.165) is 16.7 Å². The van der Waals surface area contributed by atoms with Gasteiger partial charge in [0.2, 0.25) is 5.91 Å². The van der Waals surface area contributed by atoms with Crippen molar-refractivity contribution < 1.29 is 13.9 Å². The van der Waals surface area contributed by atoms with Gasteiger partial charge in [-0.05, 0) is 25.0 Å². The summed E-state index contributed by atoms with van der Waals surface area (Å²) in [6, 6.07) is 9.93. The molecule has 0 atom stereocenters. The maximum absolute atomic E-state index is 12.4. The fraction of sp³-hybridized carbons (Fsp3) is 0.471. The van der Waals surface area contributed by atoms with Crippen LogP contribution in [0.25, 0.3) is 11.0 Å². The van der Waals surface area contributed by atoms with Gasteiger partial charge in [0.25, 0.3) is 0 Å². The molecule has 1 amide bonds. The molecule has 23 heavy (non-hydrogen) atoms. The van der Waals surface area contributed by atoms with Crippen LogP contribution in [0.1, 0.15) is 18.6 Å². The van der Waals surface area contributed by atoms with Crippen molar-refractivity contribution in [3.63, 3.8) is 0 Å². The van der Waals surface area contributed by atoms with Crippen molar-refractivity contribution in [3.05, 3.63) is 36.1 Å². The number of carbonyl (C=O) groups excluding carboxylic acids is 1. The van der Waals surface area contributed by atoms with Gasteiger partial charge in [-0.1, -0.05) is 18.2 Å². The van der Waals surface area contributed by atoms with E-state index in [1.807, 2.05) is 30.3 Å². The lowest BCUT2D eigenvalue weighted by molar-refractivity contribution is -0.135. The van der Waals surface area contributed by atoms with Gasteiger partial charge in [-0.15, -0.1) is 12.4 Å². The topological polar surface area (TPSA) is 77.5 Å². The molecule has 0 bridgehead atoms. The third-order valence-electron chi connectivity index (χ3n) is 4.46. The van der Waals surface area contributed by atoms with Crippen LogP contribution in [0.5, 0.6) is 0 Å². The fourth-order valence-corrected chi connectivity index (χ4v) is 2.93. The zero-order chi connectivity index (χ0) is 15.4. The van der Waals surface area contributed by atoms with E-state index in [-0.39, 0.29) is 18.3 Å². The molecule has 1 fully saturated rings. The summed E-state index contributed by atoms with van der Waals surface area (Å²) in [7, 11) is 0. The summed E-state index contributed by atoms with van der Waals surface area (Å²) in [4.78, 5) is 12.4. The largest absolute Gasteiger partial charge is 0.461 e. The van der Waals surface area contributed by atoms with Gasteiger partial charge in [-0.25, -0.2) is 0 Å². The number of furan rings is 1. The maximum atomic E-state index is 12.4. The van der Waals surface area contributed by atoms with Crippen LogP contribution in [-0.4, -0.2) is 32.2 Å². The standard InChI is InChI=1S/C17H22N2O3.ClH/c18-12-17(6-9-21-10-7-17)16(20)19-8-5-14-11-13-3-1-2-4-15(13)22-14;/h1-4,11H,5-10,12,18H2,(H,19,20);1H. The molecule has 6 heteroatoms. The van der Waals surface area contributed by atoms with Gasteiger partial charge in [0.05, 0.1) is 5.41 Å². The molecule has 0 aliphatic carbocycles. The van der Waals surface area contributed by atoms with Gasteiger partial charge >= 0.3 is 0 Å². The molecule has 5 nitrogen and oxygen atoms in total. The predicted octanol–water partition coefficient (Wildman–Crippen LogP) is 2.27. The molecule has 1 aromatic carbocycles. The van der Waals surface area contributed by atoms with E-state index < -0.39 is 5.41 Å². The molecule has 0 unspecified atom stereocenters. The average Bonchev–Trinajstić information content (AvgIpc) is 2.98. The summed E-state index contributed by atoms with van der Waals surface area (Å²) in [5.74, 6) is 0.921. The van der Waals surface area contributed by atoms with Crippen LogP contribution < -0.4 is 11.1 Å². The van der Waals surface area contributed by atoms with Crippen molar-refractivity contribution >= 4 is 29.3 Å². The molecule has 3 N–H and O–H groups in total. The summed E-state index contributed by atoms with van der Waals surface area (Å²) in [6.45, 7) is 2.14. The highest BCUT2D eigenvalue weighted by molar-refractivity contribution is 5.85. The zero-order valence-corrected chi connectivity index (χ0v) is 13.9. The SMILES string of the molecule is Cl.NCC1(C(=O)NCCc2cc3ccccc3o2)CCOCC1. The predicted molar refractivity (Wildman–Crippen MR) is 91.7 cm³/mol. The Morgan fingerprint density at radius 2 is 2.00 bits per heavy atom. The zero-order valence-electron chi connectivity index (χ0n) is 13.0.